The van der Waals surface area contributed by atoms with Gasteiger partial charge in [0, 0.05) is 73.2 Å². The Morgan fingerprint density at radius 2 is 0.949 bits per heavy atom. The van der Waals surface area contributed by atoms with Gasteiger partial charge in [-0.1, -0.05) is 140 Å². The van der Waals surface area contributed by atoms with Gasteiger partial charge in [-0.2, -0.15) is 0 Å². The zero-order chi connectivity index (χ0) is 38.6. The zero-order valence-corrected chi connectivity index (χ0v) is 33.1. The van der Waals surface area contributed by atoms with Gasteiger partial charge in [-0.3, -0.25) is 0 Å². The number of thiophene rings is 2. The summed E-state index contributed by atoms with van der Waals surface area (Å²) in [7, 11) is 0. The van der Waals surface area contributed by atoms with Crippen LogP contribution in [0, 0.1) is 0 Å². The first-order valence-electron chi connectivity index (χ1n) is 19.8. The molecule has 9 aromatic carbocycles. The van der Waals surface area contributed by atoms with Crippen LogP contribution in [0.1, 0.15) is 0 Å². The van der Waals surface area contributed by atoms with Gasteiger partial charge < -0.3 is 4.57 Å². The largest absolute Gasteiger partial charge is 0.307 e. The van der Waals surface area contributed by atoms with E-state index in [9.17, 15) is 0 Å². The number of rotatable bonds is 4. The number of fused-ring (bicyclic) bond motifs is 12. The van der Waals surface area contributed by atoms with Crippen molar-refractivity contribution in [1.29, 1.82) is 0 Å². The Bertz CT molecular complexity index is 3860. The van der Waals surface area contributed by atoms with E-state index in [1.165, 1.54) is 78.2 Å². The monoisotopic (exact) mass is 786 g/mol. The lowest BCUT2D eigenvalue weighted by Gasteiger charge is -2.17. The molecule has 4 heterocycles. The molecule has 0 amide bonds. The fourth-order valence-electron chi connectivity index (χ4n) is 9.20. The molecule has 0 aliphatic carbocycles. The molecule has 0 aliphatic heterocycles. The standard InChI is InChI=1S/C53H30N4S2/c1-2-14-32(15-3-1)51-54-52(39-21-12-24-45-47(39)37-19-8-10-22-43(37)58-45)56-53(55-51)40-27-28-46-48(38-20-9-11-23-44(38)59-46)50(40)57-42-30-34-17-5-4-16-33(34)29-41(42)36-26-25-31-13-6-7-18-35(31)49(36)57/h1-30H. The maximum absolute atomic E-state index is 5.52. The third kappa shape index (κ3) is 4.91. The minimum Gasteiger partial charge on any atom is -0.307 e. The maximum Gasteiger partial charge on any atom is 0.166 e. The Balaban J connectivity index is 1.22. The summed E-state index contributed by atoms with van der Waals surface area (Å²) >= 11 is 3.64. The molecule has 59 heavy (non-hydrogen) atoms. The number of nitrogens with zero attached hydrogens (tertiary/aromatic N) is 4. The van der Waals surface area contributed by atoms with Crippen LogP contribution in [0.2, 0.25) is 0 Å². The average Bonchev–Trinajstić information content (AvgIpc) is 3.98. The molecule has 0 atom stereocenters. The molecule has 0 N–H and O–H groups in total. The van der Waals surface area contributed by atoms with Gasteiger partial charge >= 0.3 is 0 Å². The first-order chi connectivity index (χ1) is 29.2. The fraction of sp³-hybridized carbons (Fsp3) is 0. The lowest BCUT2D eigenvalue weighted by molar-refractivity contribution is 1.07. The van der Waals surface area contributed by atoms with E-state index in [1.54, 1.807) is 11.3 Å². The lowest BCUT2D eigenvalue weighted by Crippen LogP contribution is -2.04. The topological polar surface area (TPSA) is 43.6 Å². The van der Waals surface area contributed by atoms with Crippen LogP contribution in [-0.2, 0) is 0 Å². The van der Waals surface area contributed by atoms with E-state index >= 15 is 0 Å². The van der Waals surface area contributed by atoms with Gasteiger partial charge in [-0.05, 0) is 58.6 Å². The molecule has 4 nitrogen and oxygen atoms in total. The lowest BCUT2D eigenvalue weighted by atomic mass is 10.0. The highest BCUT2D eigenvalue weighted by Gasteiger charge is 2.25. The molecule has 0 unspecified atom stereocenters. The van der Waals surface area contributed by atoms with Gasteiger partial charge in [0.15, 0.2) is 17.5 Å². The molecule has 6 heteroatoms. The average molecular weight is 787 g/mol. The zero-order valence-electron chi connectivity index (χ0n) is 31.4. The Kier molecular flexibility index (Phi) is 7.02. The van der Waals surface area contributed by atoms with Gasteiger partial charge in [0.2, 0.25) is 0 Å². The van der Waals surface area contributed by atoms with Crippen molar-refractivity contribution in [2.75, 3.05) is 0 Å². The van der Waals surface area contributed by atoms with Crippen LogP contribution in [0.5, 0.6) is 0 Å². The van der Waals surface area contributed by atoms with Gasteiger partial charge in [0.05, 0.1) is 16.7 Å². The van der Waals surface area contributed by atoms with E-state index < -0.39 is 0 Å². The molecule has 0 spiro atoms. The van der Waals surface area contributed by atoms with Crippen molar-refractivity contribution in [3.8, 4) is 39.9 Å². The summed E-state index contributed by atoms with van der Waals surface area (Å²) in [6.45, 7) is 0. The second-order valence-electron chi connectivity index (χ2n) is 15.1. The highest BCUT2D eigenvalue weighted by Crippen LogP contribution is 2.47. The van der Waals surface area contributed by atoms with Crippen molar-refractivity contribution >= 4 is 106 Å². The smallest absolute Gasteiger partial charge is 0.166 e. The molecule has 4 aromatic heterocycles. The third-order valence-corrected chi connectivity index (χ3v) is 14.1. The summed E-state index contributed by atoms with van der Waals surface area (Å²) in [6, 6.07) is 65.5. The summed E-state index contributed by atoms with van der Waals surface area (Å²) in [4.78, 5) is 16.2. The maximum atomic E-state index is 5.52. The van der Waals surface area contributed by atoms with Crippen LogP contribution < -0.4 is 0 Å². The van der Waals surface area contributed by atoms with Gasteiger partial charge in [-0.15, -0.1) is 22.7 Å². The molecule has 0 radical (unpaired) electrons. The Morgan fingerprint density at radius 1 is 0.356 bits per heavy atom. The van der Waals surface area contributed by atoms with Crippen molar-refractivity contribution in [3.63, 3.8) is 0 Å². The first kappa shape index (κ1) is 32.8. The van der Waals surface area contributed by atoms with Crippen molar-refractivity contribution in [2.24, 2.45) is 0 Å². The molecule has 0 saturated heterocycles. The molecule has 274 valence electrons. The van der Waals surface area contributed by atoms with E-state index in [0.717, 1.165) is 27.9 Å². The normalized spacial score (nSPS) is 12.1. The van der Waals surface area contributed by atoms with Crippen LogP contribution in [0.3, 0.4) is 0 Å². The van der Waals surface area contributed by atoms with Gasteiger partial charge in [-0.25, -0.2) is 15.0 Å². The molecule has 0 saturated carbocycles. The fourth-order valence-corrected chi connectivity index (χ4v) is 11.4. The van der Waals surface area contributed by atoms with E-state index in [4.69, 9.17) is 15.0 Å². The first-order valence-corrected chi connectivity index (χ1v) is 21.4. The SMILES string of the molecule is c1ccc(-c2nc(-c3ccc4sc5ccccc5c4c3-n3c4cc5ccccc5cc4c4ccc5ccccc5c43)nc(-c3cccc4sc5ccccc5c34)n2)cc1. The predicted molar refractivity (Wildman–Crippen MR) is 251 cm³/mol. The van der Waals surface area contributed by atoms with Crippen molar-refractivity contribution in [2.45, 2.75) is 0 Å². The van der Waals surface area contributed by atoms with Crippen LogP contribution in [0.25, 0.3) is 124 Å². The van der Waals surface area contributed by atoms with E-state index in [2.05, 4.69) is 168 Å². The molecule has 0 aliphatic rings. The van der Waals surface area contributed by atoms with Crippen LogP contribution in [0.15, 0.2) is 182 Å². The quantitative estimate of drug-likeness (QED) is 0.178. The van der Waals surface area contributed by atoms with E-state index in [0.29, 0.717) is 17.5 Å². The Morgan fingerprint density at radius 3 is 1.73 bits per heavy atom. The number of hydrogen-bond acceptors (Lipinski definition) is 5. The Hall–Kier alpha value is -7.25. The van der Waals surface area contributed by atoms with E-state index in [-0.39, 0.29) is 0 Å². The molecule has 0 bridgehead atoms. The second kappa shape index (κ2) is 12.6. The Labute approximate surface area is 345 Å². The number of benzene rings is 9. The summed E-state index contributed by atoms with van der Waals surface area (Å²) in [5.41, 5.74) is 6.28. The summed E-state index contributed by atoms with van der Waals surface area (Å²) in [5, 5.41) is 12.0. The number of hydrogen-bond donors (Lipinski definition) is 0. The number of aromatic nitrogens is 4. The van der Waals surface area contributed by atoms with E-state index in [1.807, 2.05) is 29.5 Å². The van der Waals surface area contributed by atoms with Gasteiger partial charge in [0.1, 0.15) is 0 Å². The van der Waals surface area contributed by atoms with Crippen molar-refractivity contribution < 1.29 is 0 Å². The molecule has 0 fully saturated rings. The van der Waals surface area contributed by atoms with Crippen molar-refractivity contribution in [1.82, 2.24) is 19.5 Å². The van der Waals surface area contributed by atoms with Crippen LogP contribution in [0.4, 0.5) is 0 Å². The van der Waals surface area contributed by atoms with Crippen LogP contribution in [-0.4, -0.2) is 19.5 Å². The molecule has 13 aromatic rings. The minimum atomic E-state index is 0.633. The molecule has 13 rings (SSSR count). The highest BCUT2D eigenvalue weighted by atomic mass is 32.1. The summed E-state index contributed by atoms with van der Waals surface area (Å²) in [5.74, 6) is 1.93. The molecular weight excluding hydrogens is 757 g/mol. The summed E-state index contributed by atoms with van der Waals surface area (Å²) in [6.07, 6.45) is 0. The second-order valence-corrected chi connectivity index (χ2v) is 17.3. The summed E-state index contributed by atoms with van der Waals surface area (Å²) < 4.78 is 7.44. The predicted octanol–water partition coefficient (Wildman–Crippen LogP) is 15.0. The molecular formula is C53H30N4S2. The third-order valence-electron chi connectivity index (χ3n) is 11.8. The van der Waals surface area contributed by atoms with Gasteiger partial charge in [0.25, 0.3) is 0 Å². The van der Waals surface area contributed by atoms with Crippen molar-refractivity contribution in [3.05, 3.63) is 182 Å². The minimum absolute atomic E-state index is 0.633. The highest BCUT2D eigenvalue weighted by molar-refractivity contribution is 7.26. The van der Waals surface area contributed by atoms with Crippen LogP contribution >= 0.6 is 22.7 Å².